The molecule has 0 aliphatic heterocycles. The van der Waals surface area contributed by atoms with Gasteiger partial charge in [-0.3, -0.25) is 9.59 Å². The molecule has 0 aliphatic rings. The quantitative estimate of drug-likeness (QED) is 0.0325. The topological polar surface area (TPSA) is 95.9 Å². The summed E-state index contributed by atoms with van der Waals surface area (Å²) < 4.78 is 5.42. The van der Waals surface area contributed by atoms with Crippen molar-refractivity contribution >= 4 is 11.9 Å². The Balaban J connectivity index is 3.52. The highest BCUT2D eigenvalue weighted by Crippen LogP contribution is 2.16. The van der Waals surface area contributed by atoms with E-state index in [9.17, 15) is 19.8 Å². The number of nitrogens with one attached hydrogen (secondary N) is 1. The molecule has 0 heterocycles. The maximum atomic E-state index is 12.4. The van der Waals surface area contributed by atoms with Gasteiger partial charge in [0.15, 0.2) is 0 Å². The van der Waals surface area contributed by atoms with E-state index < -0.39 is 12.1 Å². The average molecular weight is 778 g/mol. The standard InChI is InChI=1S/C49H95NO5/c1-3-5-7-9-11-13-15-17-18-19-21-25-29-33-37-41-47(52)46(45-51)50-48(53)42-38-34-30-26-22-20-24-28-32-36-40-44-55-49(54)43-39-35-31-27-23-16-14-12-10-8-6-4-2/h24,28,46-47,51-52H,3-23,25-27,29-45H2,1-2H3,(H,50,53)/b28-24-. The van der Waals surface area contributed by atoms with E-state index in [1.807, 2.05) is 0 Å². The van der Waals surface area contributed by atoms with Crippen LogP contribution in [0.1, 0.15) is 264 Å². The molecule has 3 N–H and O–H groups in total. The van der Waals surface area contributed by atoms with Gasteiger partial charge in [0, 0.05) is 12.8 Å². The number of aliphatic hydroxyl groups excluding tert-OH is 2. The third kappa shape index (κ3) is 42.0. The summed E-state index contributed by atoms with van der Waals surface area (Å²) in [5.41, 5.74) is 0. The van der Waals surface area contributed by atoms with Gasteiger partial charge >= 0.3 is 5.97 Å². The Hall–Kier alpha value is -1.40. The van der Waals surface area contributed by atoms with Gasteiger partial charge in [0.25, 0.3) is 0 Å². The number of aliphatic hydroxyl groups is 2. The minimum atomic E-state index is -0.680. The smallest absolute Gasteiger partial charge is 0.305 e. The highest BCUT2D eigenvalue weighted by atomic mass is 16.5. The average Bonchev–Trinajstić information content (AvgIpc) is 3.18. The first-order valence-electron chi connectivity index (χ1n) is 24.4. The van der Waals surface area contributed by atoms with Gasteiger partial charge < -0.3 is 20.3 Å². The van der Waals surface area contributed by atoms with Crippen molar-refractivity contribution < 1.29 is 24.5 Å². The molecule has 0 aliphatic carbocycles. The molecule has 326 valence electrons. The lowest BCUT2D eigenvalue weighted by Gasteiger charge is -2.22. The van der Waals surface area contributed by atoms with E-state index in [-0.39, 0.29) is 18.5 Å². The minimum Gasteiger partial charge on any atom is -0.466 e. The van der Waals surface area contributed by atoms with Crippen LogP contribution in [-0.2, 0) is 14.3 Å². The van der Waals surface area contributed by atoms with Crippen LogP contribution in [0.4, 0.5) is 0 Å². The lowest BCUT2D eigenvalue weighted by Crippen LogP contribution is -2.45. The number of hydrogen-bond acceptors (Lipinski definition) is 5. The monoisotopic (exact) mass is 778 g/mol. The Morgan fingerprint density at radius 1 is 0.491 bits per heavy atom. The highest BCUT2D eigenvalue weighted by molar-refractivity contribution is 5.76. The number of esters is 1. The Labute approximate surface area is 342 Å². The van der Waals surface area contributed by atoms with Crippen molar-refractivity contribution in [3.63, 3.8) is 0 Å². The van der Waals surface area contributed by atoms with Crippen LogP contribution in [0.2, 0.25) is 0 Å². The molecule has 0 saturated carbocycles. The summed E-state index contributed by atoms with van der Waals surface area (Å²) in [6.45, 7) is 4.87. The highest BCUT2D eigenvalue weighted by Gasteiger charge is 2.20. The summed E-state index contributed by atoms with van der Waals surface area (Å²) in [6, 6.07) is -0.560. The molecule has 0 bridgehead atoms. The fourth-order valence-corrected chi connectivity index (χ4v) is 7.51. The Bertz CT molecular complexity index is 817. The normalized spacial score (nSPS) is 12.7. The number of carbonyl (C=O) groups is 2. The SMILES string of the molecule is CCCCCCCCCCCCCCCCCC(O)C(CO)NC(=O)CCCCCCC/C=C\CCCCOC(=O)CCCCCCCCCCCCCC. The first kappa shape index (κ1) is 53.6. The molecule has 0 rings (SSSR count). The summed E-state index contributed by atoms with van der Waals surface area (Å²) in [4.78, 5) is 24.4. The van der Waals surface area contributed by atoms with E-state index in [0.29, 0.717) is 25.9 Å². The van der Waals surface area contributed by atoms with Gasteiger partial charge in [-0.1, -0.05) is 212 Å². The second-order valence-corrected chi connectivity index (χ2v) is 16.8. The summed E-state index contributed by atoms with van der Waals surface area (Å²) in [6.07, 6.45) is 50.3. The second kappa shape index (κ2) is 45.3. The van der Waals surface area contributed by atoms with Crippen molar-refractivity contribution in [1.82, 2.24) is 5.32 Å². The second-order valence-electron chi connectivity index (χ2n) is 16.8. The third-order valence-corrected chi connectivity index (χ3v) is 11.3. The predicted octanol–water partition coefficient (Wildman–Crippen LogP) is 14.2. The number of ether oxygens (including phenoxy) is 1. The maximum absolute atomic E-state index is 12.4. The van der Waals surface area contributed by atoms with Crippen LogP contribution in [-0.4, -0.2) is 47.4 Å². The molecular weight excluding hydrogens is 683 g/mol. The van der Waals surface area contributed by atoms with Gasteiger partial charge in [-0.05, 0) is 51.4 Å². The van der Waals surface area contributed by atoms with Crippen LogP contribution in [0.25, 0.3) is 0 Å². The summed E-state index contributed by atoms with van der Waals surface area (Å²) in [5.74, 6) is -0.0935. The van der Waals surface area contributed by atoms with Gasteiger partial charge in [0.1, 0.15) is 0 Å². The van der Waals surface area contributed by atoms with Gasteiger partial charge in [-0.25, -0.2) is 0 Å². The summed E-state index contributed by atoms with van der Waals surface area (Å²) >= 11 is 0. The molecule has 0 spiro atoms. The number of hydrogen-bond donors (Lipinski definition) is 3. The molecule has 2 unspecified atom stereocenters. The molecule has 0 aromatic rings. The molecular formula is C49H95NO5. The summed E-state index contributed by atoms with van der Waals surface area (Å²) in [5, 5.41) is 23.2. The number of unbranched alkanes of at least 4 members (excludes halogenated alkanes) is 32. The molecule has 0 saturated heterocycles. The molecule has 1 amide bonds. The number of allylic oxidation sites excluding steroid dienone is 2. The van der Waals surface area contributed by atoms with Gasteiger partial charge in [-0.2, -0.15) is 0 Å². The van der Waals surface area contributed by atoms with Crippen LogP contribution in [0.3, 0.4) is 0 Å². The van der Waals surface area contributed by atoms with E-state index >= 15 is 0 Å². The van der Waals surface area contributed by atoms with Crippen molar-refractivity contribution in [2.24, 2.45) is 0 Å². The Morgan fingerprint density at radius 2 is 0.855 bits per heavy atom. The molecule has 55 heavy (non-hydrogen) atoms. The zero-order valence-corrected chi connectivity index (χ0v) is 36.9. The van der Waals surface area contributed by atoms with Crippen molar-refractivity contribution in [3.05, 3.63) is 12.2 Å². The molecule has 0 radical (unpaired) electrons. The van der Waals surface area contributed by atoms with Crippen LogP contribution in [0, 0.1) is 0 Å². The van der Waals surface area contributed by atoms with Gasteiger partial charge in [-0.15, -0.1) is 0 Å². The van der Waals surface area contributed by atoms with Crippen LogP contribution in [0.15, 0.2) is 12.2 Å². The maximum Gasteiger partial charge on any atom is 0.305 e. The zero-order valence-electron chi connectivity index (χ0n) is 36.9. The Kier molecular flexibility index (Phi) is 44.2. The van der Waals surface area contributed by atoms with E-state index in [2.05, 4.69) is 31.3 Å². The molecule has 0 aromatic heterocycles. The molecule has 6 heteroatoms. The molecule has 2 atom stereocenters. The summed E-state index contributed by atoms with van der Waals surface area (Å²) in [7, 11) is 0. The van der Waals surface area contributed by atoms with Crippen LogP contribution >= 0.6 is 0 Å². The number of amides is 1. The first-order valence-corrected chi connectivity index (χ1v) is 24.4. The van der Waals surface area contributed by atoms with Gasteiger partial charge in [0.05, 0.1) is 25.4 Å². The zero-order chi connectivity index (χ0) is 40.1. The molecule has 0 fully saturated rings. The predicted molar refractivity (Wildman–Crippen MR) is 237 cm³/mol. The third-order valence-electron chi connectivity index (χ3n) is 11.3. The molecule has 6 nitrogen and oxygen atoms in total. The van der Waals surface area contributed by atoms with Crippen LogP contribution in [0.5, 0.6) is 0 Å². The number of rotatable bonds is 45. The minimum absolute atomic E-state index is 0.0304. The fourth-order valence-electron chi connectivity index (χ4n) is 7.51. The van der Waals surface area contributed by atoms with E-state index in [1.165, 1.54) is 154 Å². The fraction of sp³-hybridized carbons (Fsp3) is 0.918. The van der Waals surface area contributed by atoms with E-state index in [0.717, 1.165) is 77.0 Å². The largest absolute Gasteiger partial charge is 0.466 e. The van der Waals surface area contributed by atoms with E-state index in [1.54, 1.807) is 0 Å². The molecule has 0 aromatic carbocycles. The van der Waals surface area contributed by atoms with Crippen molar-refractivity contribution in [2.75, 3.05) is 13.2 Å². The lowest BCUT2D eigenvalue weighted by molar-refractivity contribution is -0.143. The first-order chi connectivity index (χ1) is 27.0. The number of carbonyl (C=O) groups excluding carboxylic acids is 2. The van der Waals surface area contributed by atoms with Crippen LogP contribution < -0.4 is 5.32 Å². The van der Waals surface area contributed by atoms with Crippen molar-refractivity contribution in [3.8, 4) is 0 Å². The Morgan fingerprint density at radius 3 is 1.29 bits per heavy atom. The van der Waals surface area contributed by atoms with E-state index in [4.69, 9.17) is 4.74 Å². The van der Waals surface area contributed by atoms with Crippen molar-refractivity contribution in [2.45, 2.75) is 276 Å². The van der Waals surface area contributed by atoms with Gasteiger partial charge in [0.2, 0.25) is 5.91 Å². The lowest BCUT2D eigenvalue weighted by atomic mass is 10.0. The van der Waals surface area contributed by atoms with Crippen molar-refractivity contribution in [1.29, 1.82) is 0 Å².